The van der Waals surface area contributed by atoms with Gasteiger partial charge in [-0.05, 0) is 0 Å². The molecular formula is C9H14N2O. The van der Waals surface area contributed by atoms with Gasteiger partial charge in [-0.25, -0.2) is 0 Å². The second kappa shape index (κ2) is 3.44. The number of nitrogens with zero attached hydrogens (tertiary/aromatic N) is 1. The number of hydrogen-bond donors (Lipinski definition) is 1. The average Bonchev–Trinajstić information content (AvgIpc) is 2.53. The van der Waals surface area contributed by atoms with Gasteiger partial charge in [0.05, 0.1) is 25.3 Å². The lowest BCUT2D eigenvalue weighted by Gasteiger charge is -2.35. The average molecular weight is 166 g/mol. The van der Waals surface area contributed by atoms with E-state index in [1.165, 1.54) is 0 Å². The Hall–Kier alpha value is -0.560. The highest BCUT2D eigenvalue weighted by Crippen LogP contribution is 2.16. The molecule has 2 fully saturated rings. The molecule has 12 heavy (non-hydrogen) atoms. The van der Waals surface area contributed by atoms with Gasteiger partial charge in [-0.2, -0.15) is 0 Å². The number of fused-ring (bicyclic) bond motifs is 1. The van der Waals surface area contributed by atoms with E-state index in [4.69, 9.17) is 11.2 Å². The maximum Gasteiger partial charge on any atom is 0.0867 e. The molecule has 2 aliphatic rings. The molecule has 2 aliphatic heterocycles. The van der Waals surface area contributed by atoms with Crippen LogP contribution in [0.4, 0.5) is 0 Å². The van der Waals surface area contributed by atoms with E-state index in [0.29, 0.717) is 12.1 Å². The summed E-state index contributed by atoms with van der Waals surface area (Å²) in [5.41, 5.74) is 0. The van der Waals surface area contributed by atoms with Crippen molar-refractivity contribution in [1.29, 1.82) is 0 Å². The highest BCUT2D eigenvalue weighted by atomic mass is 16.5. The van der Waals surface area contributed by atoms with Crippen molar-refractivity contribution < 1.29 is 4.74 Å². The molecular weight excluding hydrogens is 152 g/mol. The molecule has 0 aromatic heterocycles. The number of morpholine rings is 1. The van der Waals surface area contributed by atoms with Gasteiger partial charge in [0.2, 0.25) is 0 Å². The van der Waals surface area contributed by atoms with E-state index < -0.39 is 0 Å². The molecule has 3 heteroatoms. The first-order valence-corrected chi connectivity index (χ1v) is 4.41. The smallest absolute Gasteiger partial charge is 0.0867 e. The third-order valence-corrected chi connectivity index (χ3v) is 2.60. The zero-order chi connectivity index (χ0) is 8.39. The molecule has 0 saturated carbocycles. The van der Waals surface area contributed by atoms with E-state index in [-0.39, 0.29) is 0 Å². The van der Waals surface area contributed by atoms with Gasteiger partial charge in [0.15, 0.2) is 0 Å². The standard InChI is InChI=1S/C9H14N2O/c1-2-3-11-4-5-12-9-7-10-6-8(9)11/h1,8-10H,3-7H2/t8-,9+/m1/s1. The summed E-state index contributed by atoms with van der Waals surface area (Å²) in [7, 11) is 0. The van der Waals surface area contributed by atoms with Crippen LogP contribution in [0.2, 0.25) is 0 Å². The third-order valence-electron chi connectivity index (χ3n) is 2.60. The van der Waals surface area contributed by atoms with E-state index >= 15 is 0 Å². The van der Waals surface area contributed by atoms with Gasteiger partial charge in [0.25, 0.3) is 0 Å². The molecule has 1 N–H and O–H groups in total. The minimum Gasteiger partial charge on any atom is -0.374 e. The summed E-state index contributed by atoms with van der Waals surface area (Å²) in [6.45, 7) is 4.56. The van der Waals surface area contributed by atoms with Gasteiger partial charge in [-0.15, -0.1) is 6.42 Å². The van der Waals surface area contributed by atoms with Crippen LogP contribution >= 0.6 is 0 Å². The SMILES string of the molecule is C#CCN1CCO[C@H]2CNC[C@H]21. The fourth-order valence-corrected chi connectivity index (χ4v) is 1.98. The van der Waals surface area contributed by atoms with Crippen LogP contribution in [-0.2, 0) is 4.74 Å². The summed E-state index contributed by atoms with van der Waals surface area (Å²) in [6.07, 6.45) is 5.66. The summed E-state index contributed by atoms with van der Waals surface area (Å²) in [4.78, 5) is 2.33. The molecule has 0 radical (unpaired) electrons. The number of hydrogen-bond acceptors (Lipinski definition) is 3. The summed E-state index contributed by atoms with van der Waals surface area (Å²) in [5, 5.41) is 3.32. The van der Waals surface area contributed by atoms with Crippen LogP contribution in [0.25, 0.3) is 0 Å². The molecule has 0 spiro atoms. The Bertz CT molecular complexity index is 199. The second-order valence-corrected chi connectivity index (χ2v) is 3.31. The molecule has 2 atom stereocenters. The molecule has 0 aromatic rings. The molecule has 0 aromatic carbocycles. The zero-order valence-electron chi connectivity index (χ0n) is 7.12. The summed E-state index contributed by atoms with van der Waals surface area (Å²) in [5.74, 6) is 2.69. The Labute approximate surface area is 73.1 Å². The first kappa shape index (κ1) is 8.06. The number of rotatable bonds is 1. The van der Waals surface area contributed by atoms with E-state index in [9.17, 15) is 0 Å². The summed E-state index contributed by atoms with van der Waals surface area (Å²) in [6, 6.07) is 0.509. The first-order chi connectivity index (χ1) is 5.92. The molecule has 2 rings (SSSR count). The maximum absolute atomic E-state index is 5.61. The van der Waals surface area contributed by atoms with Gasteiger partial charge in [-0.3, -0.25) is 4.90 Å². The fourth-order valence-electron chi connectivity index (χ4n) is 1.98. The Morgan fingerprint density at radius 2 is 2.50 bits per heavy atom. The second-order valence-electron chi connectivity index (χ2n) is 3.31. The minimum atomic E-state index is 0.368. The van der Waals surface area contributed by atoms with Crippen molar-refractivity contribution in [2.45, 2.75) is 12.1 Å². The Balaban J connectivity index is 1.99. The molecule has 0 unspecified atom stereocenters. The largest absolute Gasteiger partial charge is 0.374 e. The monoisotopic (exact) mass is 166 g/mol. The van der Waals surface area contributed by atoms with E-state index in [0.717, 1.165) is 32.8 Å². The van der Waals surface area contributed by atoms with Gasteiger partial charge < -0.3 is 10.1 Å². The first-order valence-electron chi connectivity index (χ1n) is 4.41. The van der Waals surface area contributed by atoms with Crippen molar-refractivity contribution in [3.63, 3.8) is 0 Å². The van der Waals surface area contributed by atoms with E-state index in [1.807, 2.05) is 0 Å². The van der Waals surface area contributed by atoms with Crippen LogP contribution in [0.15, 0.2) is 0 Å². The van der Waals surface area contributed by atoms with E-state index in [1.54, 1.807) is 0 Å². The Morgan fingerprint density at radius 1 is 1.58 bits per heavy atom. The number of nitrogens with one attached hydrogen (secondary N) is 1. The fraction of sp³-hybridized carbons (Fsp3) is 0.778. The van der Waals surface area contributed by atoms with Crippen LogP contribution < -0.4 is 5.32 Å². The number of ether oxygens (including phenoxy) is 1. The van der Waals surface area contributed by atoms with Gasteiger partial charge in [0.1, 0.15) is 0 Å². The quantitative estimate of drug-likeness (QED) is 0.521. The van der Waals surface area contributed by atoms with Crippen molar-refractivity contribution >= 4 is 0 Å². The highest BCUT2D eigenvalue weighted by molar-refractivity contribution is 4.97. The molecule has 0 amide bonds. The maximum atomic E-state index is 5.61. The van der Waals surface area contributed by atoms with Crippen molar-refractivity contribution in [2.24, 2.45) is 0 Å². The van der Waals surface area contributed by atoms with E-state index in [2.05, 4.69) is 16.1 Å². The molecule has 2 heterocycles. The molecule has 0 aliphatic carbocycles. The van der Waals surface area contributed by atoms with Crippen molar-refractivity contribution in [1.82, 2.24) is 10.2 Å². The molecule has 2 saturated heterocycles. The predicted octanol–water partition coefficient (Wildman–Crippen LogP) is -0.708. The zero-order valence-corrected chi connectivity index (χ0v) is 7.12. The Kier molecular flexibility index (Phi) is 2.31. The molecule has 0 bridgehead atoms. The van der Waals surface area contributed by atoms with Gasteiger partial charge in [0, 0.05) is 19.6 Å². The third kappa shape index (κ3) is 1.34. The minimum absolute atomic E-state index is 0.368. The van der Waals surface area contributed by atoms with Crippen LogP contribution in [-0.4, -0.2) is 49.8 Å². The lowest BCUT2D eigenvalue weighted by atomic mass is 10.1. The predicted molar refractivity (Wildman–Crippen MR) is 46.8 cm³/mol. The lowest BCUT2D eigenvalue weighted by Crippen LogP contribution is -2.50. The highest BCUT2D eigenvalue weighted by Gasteiger charge is 2.35. The van der Waals surface area contributed by atoms with Crippen molar-refractivity contribution in [3.8, 4) is 12.3 Å². The van der Waals surface area contributed by atoms with Crippen molar-refractivity contribution in [2.75, 3.05) is 32.8 Å². The number of terminal acetylenes is 1. The van der Waals surface area contributed by atoms with Crippen LogP contribution in [0.3, 0.4) is 0 Å². The normalized spacial score (nSPS) is 35.9. The lowest BCUT2D eigenvalue weighted by molar-refractivity contribution is -0.0414. The summed E-state index contributed by atoms with van der Waals surface area (Å²) >= 11 is 0. The van der Waals surface area contributed by atoms with Gasteiger partial charge >= 0.3 is 0 Å². The van der Waals surface area contributed by atoms with Crippen LogP contribution in [0.1, 0.15) is 0 Å². The molecule has 66 valence electrons. The topological polar surface area (TPSA) is 24.5 Å². The summed E-state index contributed by atoms with van der Waals surface area (Å²) < 4.78 is 5.61. The van der Waals surface area contributed by atoms with Crippen LogP contribution in [0.5, 0.6) is 0 Å². The van der Waals surface area contributed by atoms with Gasteiger partial charge in [-0.1, -0.05) is 5.92 Å². The molecule has 3 nitrogen and oxygen atoms in total. The van der Waals surface area contributed by atoms with Crippen LogP contribution in [0, 0.1) is 12.3 Å². The van der Waals surface area contributed by atoms with Crippen molar-refractivity contribution in [3.05, 3.63) is 0 Å². The Morgan fingerprint density at radius 3 is 3.33 bits per heavy atom.